The molecule has 126 valence electrons. The predicted octanol–water partition coefficient (Wildman–Crippen LogP) is 1.90. The molecule has 1 saturated heterocycles. The Morgan fingerprint density at radius 2 is 1.74 bits per heavy atom. The molecule has 3 rings (SSSR count). The van der Waals surface area contributed by atoms with Crippen LogP contribution >= 0.6 is 0 Å². The number of likely N-dealkylation sites (N-methyl/N-ethyl adjacent to an activating group) is 1. The van der Waals surface area contributed by atoms with E-state index >= 15 is 0 Å². The highest BCUT2D eigenvalue weighted by Crippen LogP contribution is 2.51. The normalized spacial score (nSPS) is 20.2. The van der Waals surface area contributed by atoms with Crippen molar-refractivity contribution in [3.8, 4) is 11.5 Å². The number of amides is 1. The number of hydrogen-bond acceptors (Lipinski definition) is 4. The highest BCUT2D eigenvalue weighted by Gasteiger charge is 2.53. The van der Waals surface area contributed by atoms with Gasteiger partial charge in [0.2, 0.25) is 5.91 Å². The molecule has 2 fully saturated rings. The van der Waals surface area contributed by atoms with E-state index in [4.69, 9.17) is 9.47 Å². The Morgan fingerprint density at radius 3 is 2.26 bits per heavy atom. The van der Waals surface area contributed by atoms with Gasteiger partial charge in [-0.1, -0.05) is 13.0 Å². The van der Waals surface area contributed by atoms with E-state index in [2.05, 4.69) is 11.8 Å². The topological polar surface area (TPSA) is 42.0 Å². The minimum atomic E-state index is -0.339. The van der Waals surface area contributed by atoms with Crippen LogP contribution in [0, 0.1) is 0 Å². The van der Waals surface area contributed by atoms with Crippen LogP contribution in [0.25, 0.3) is 0 Å². The van der Waals surface area contributed by atoms with E-state index in [1.54, 1.807) is 14.2 Å². The zero-order valence-electron chi connectivity index (χ0n) is 14.3. The number of rotatable bonds is 5. The van der Waals surface area contributed by atoms with Gasteiger partial charge < -0.3 is 19.3 Å². The fourth-order valence-corrected chi connectivity index (χ4v) is 3.45. The first-order valence-corrected chi connectivity index (χ1v) is 8.39. The average Bonchev–Trinajstić information content (AvgIpc) is 3.42. The van der Waals surface area contributed by atoms with Gasteiger partial charge in [-0.25, -0.2) is 0 Å². The molecule has 0 spiro atoms. The molecule has 23 heavy (non-hydrogen) atoms. The molecule has 2 aliphatic rings. The number of methoxy groups -OCH3 is 2. The second kappa shape index (κ2) is 6.40. The molecule has 0 atom stereocenters. The maximum atomic E-state index is 13.1. The Kier molecular flexibility index (Phi) is 4.48. The van der Waals surface area contributed by atoms with Gasteiger partial charge >= 0.3 is 0 Å². The van der Waals surface area contributed by atoms with Gasteiger partial charge in [-0.2, -0.15) is 0 Å². The lowest BCUT2D eigenvalue weighted by Crippen LogP contribution is -2.51. The summed E-state index contributed by atoms with van der Waals surface area (Å²) >= 11 is 0. The lowest BCUT2D eigenvalue weighted by molar-refractivity contribution is -0.135. The van der Waals surface area contributed by atoms with E-state index in [1.807, 2.05) is 23.1 Å². The first-order chi connectivity index (χ1) is 11.1. The number of carbonyl (C=O) groups excluding carboxylic acids is 1. The van der Waals surface area contributed by atoms with Crippen molar-refractivity contribution in [1.82, 2.24) is 9.80 Å². The van der Waals surface area contributed by atoms with Gasteiger partial charge in [0.1, 0.15) is 0 Å². The number of nitrogens with zero attached hydrogens (tertiary/aromatic N) is 2. The number of benzene rings is 1. The third kappa shape index (κ3) is 2.90. The standard InChI is InChI=1S/C18H26N2O3/c1-4-19-9-11-20(12-10-19)17(21)18(7-8-18)14-5-6-15(22-2)16(13-14)23-3/h5-6,13H,4,7-12H2,1-3H3. The van der Waals surface area contributed by atoms with Gasteiger partial charge in [0.25, 0.3) is 0 Å². The summed E-state index contributed by atoms with van der Waals surface area (Å²) < 4.78 is 10.7. The van der Waals surface area contributed by atoms with Gasteiger partial charge in [-0.05, 0) is 37.1 Å². The van der Waals surface area contributed by atoms with Crippen LogP contribution in [0.4, 0.5) is 0 Å². The zero-order chi connectivity index (χ0) is 16.4. The zero-order valence-corrected chi connectivity index (χ0v) is 14.3. The third-order valence-corrected chi connectivity index (χ3v) is 5.20. The van der Waals surface area contributed by atoms with Crippen LogP contribution in [0.15, 0.2) is 18.2 Å². The fraction of sp³-hybridized carbons (Fsp3) is 0.611. The van der Waals surface area contributed by atoms with Crippen LogP contribution in [-0.4, -0.2) is 62.7 Å². The van der Waals surface area contributed by atoms with E-state index in [9.17, 15) is 4.79 Å². The minimum Gasteiger partial charge on any atom is -0.493 e. The monoisotopic (exact) mass is 318 g/mol. The van der Waals surface area contributed by atoms with Gasteiger partial charge in [0.15, 0.2) is 11.5 Å². The van der Waals surface area contributed by atoms with Crippen molar-refractivity contribution in [2.75, 3.05) is 46.9 Å². The second-order valence-corrected chi connectivity index (χ2v) is 6.38. The summed E-state index contributed by atoms with van der Waals surface area (Å²) in [6, 6.07) is 5.87. The smallest absolute Gasteiger partial charge is 0.233 e. The molecule has 1 aromatic rings. The number of ether oxygens (including phenoxy) is 2. The van der Waals surface area contributed by atoms with Crippen molar-refractivity contribution in [2.45, 2.75) is 25.2 Å². The quantitative estimate of drug-likeness (QED) is 0.831. The van der Waals surface area contributed by atoms with Crippen LogP contribution in [0.2, 0.25) is 0 Å². The molecule has 1 heterocycles. The largest absolute Gasteiger partial charge is 0.493 e. The molecule has 1 saturated carbocycles. The van der Waals surface area contributed by atoms with Crippen LogP contribution in [-0.2, 0) is 10.2 Å². The van der Waals surface area contributed by atoms with Crippen molar-refractivity contribution in [3.05, 3.63) is 23.8 Å². The van der Waals surface area contributed by atoms with Crippen molar-refractivity contribution < 1.29 is 14.3 Å². The molecule has 1 aliphatic heterocycles. The molecular weight excluding hydrogens is 292 g/mol. The summed E-state index contributed by atoms with van der Waals surface area (Å²) in [5.41, 5.74) is 0.714. The van der Waals surface area contributed by atoms with Crippen molar-refractivity contribution in [3.63, 3.8) is 0 Å². The van der Waals surface area contributed by atoms with Gasteiger partial charge in [0, 0.05) is 26.2 Å². The molecule has 5 heteroatoms. The molecule has 1 amide bonds. The Morgan fingerprint density at radius 1 is 1.09 bits per heavy atom. The summed E-state index contributed by atoms with van der Waals surface area (Å²) in [5, 5.41) is 0. The second-order valence-electron chi connectivity index (χ2n) is 6.38. The van der Waals surface area contributed by atoms with E-state index in [1.165, 1.54) is 0 Å². The number of carbonyl (C=O) groups is 1. The molecule has 0 unspecified atom stereocenters. The minimum absolute atomic E-state index is 0.278. The summed E-state index contributed by atoms with van der Waals surface area (Å²) in [6.07, 6.45) is 1.85. The van der Waals surface area contributed by atoms with Gasteiger partial charge in [0.05, 0.1) is 19.6 Å². The molecule has 5 nitrogen and oxygen atoms in total. The summed E-state index contributed by atoms with van der Waals surface area (Å²) in [7, 11) is 3.26. The fourth-order valence-electron chi connectivity index (χ4n) is 3.45. The Labute approximate surface area is 138 Å². The molecule has 0 N–H and O–H groups in total. The van der Waals surface area contributed by atoms with Gasteiger partial charge in [-0.15, -0.1) is 0 Å². The molecule has 0 radical (unpaired) electrons. The molecule has 1 aliphatic carbocycles. The number of hydrogen-bond donors (Lipinski definition) is 0. The van der Waals surface area contributed by atoms with Crippen molar-refractivity contribution in [1.29, 1.82) is 0 Å². The van der Waals surface area contributed by atoms with Crippen LogP contribution in [0.3, 0.4) is 0 Å². The average molecular weight is 318 g/mol. The first-order valence-electron chi connectivity index (χ1n) is 8.39. The highest BCUT2D eigenvalue weighted by molar-refractivity contribution is 5.91. The predicted molar refractivity (Wildman–Crippen MR) is 89.2 cm³/mol. The molecule has 1 aromatic carbocycles. The van der Waals surface area contributed by atoms with Crippen molar-refractivity contribution >= 4 is 5.91 Å². The Hall–Kier alpha value is -1.75. The van der Waals surface area contributed by atoms with E-state index in [0.29, 0.717) is 11.5 Å². The lowest BCUT2D eigenvalue weighted by atomic mass is 9.93. The van der Waals surface area contributed by atoms with Crippen LogP contribution < -0.4 is 9.47 Å². The van der Waals surface area contributed by atoms with E-state index < -0.39 is 0 Å². The maximum absolute atomic E-state index is 13.1. The van der Waals surface area contributed by atoms with E-state index in [-0.39, 0.29) is 11.3 Å². The first kappa shape index (κ1) is 16.1. The summed E-state index contributed by atoms with van der Waals surface area (Å²) in [4.78, 5) is 17.5. The van der Waals surface area contributed by atoms with Gasteiger partial charge in [-0.3, -0.25) is 4.79 Å². The van der Waals surface area contributed by atoms with Crippen LogP contribution in [0.1, 0.15) is 25.3 Å². The molecule has 0 bridgehead atoms. The third-order valence-electron chi connectivity index (χ3n) is 5.20. The lowest BCUT2D eigenvalue weighted by Gasteiger charge is -2.36. The number of piperazine rings is 1. The van der Waals surface area contributed by atoms with E-state index in [0.717, 1.165) is 51.1 Å². The molecule has 0 aromatic heterocycles. The van der Waals surface area contributed by atoms with Crippen molar-refractivity contribution in [2.24, 2.45) is 0 Å². The van der Waals surface area contributed by atoms with Crippen LogP contribution in [0.5, 0.6) is 11.5 Å². The summed E-state index contributed by atoms with van der Waals surface area (Å²) in [6.45, 7) is 6.85. The Bertz CT molecular complexity index is 576. The highest BCUT2D eigenvalue weighted by atomic mass is 16.5. The summed E-state index contributed by atoms with van der Waals surface area (Å²) in [5.74, 6) is 1.68. The SMILES string of the molecule is CCN1CCN(C(=O)C2(c3ccc(OC)c(OC)c3)CC2)CC1. The Balaban J connectivity index is 1.78. The molecular formula is C18H26N2O3. The maximum Gasteiger partial charge on any atom is 0.233 e.